The predicted octanol–water partition coefficient (Wildman–Crippen LogP) is 2.53. The maximum Gasteiger partial charge on any atom is 0.346 e. The Bertz CT molecular complexity index is 1120. The number of aromatic amines is 1. The fraction of sp³-hybridized carbons (Fsp3) is 0.176. The average Bonchev–Trinajstić information content (AvgIpc) is 2.99. The highest BCUT2D eigenvalue weighted by Gasteiger charge is 2.18. The predicted molar refractivity (Wildman–Crippen MR) is 90.9 cm³/mol. The first kappa shape index (κ1) is 15.1. The Morgan fingerprint density at radius 1 is 1.20 bits per heavy atom. The molecule has 1 N–H and O–H groups in total. The van der Waals surface area contributed by atoms with Crippen LogP contribution in [0.3, 0.4) is 0 Å². The molecule has 25 heavy (non-hydrogen) atoms. The van der Waals surface area contributed by atoms with Gasteiger partial charge in [-0.05, 0) is 25.1 Å². The van der Waals surface area contributed by atoms with Crippen LogP contribution in [-0.4, -0.2) is 33.7 Å². The molecule has 0 radical (unpaired) electrons. The minimum absolute atomic E-state index is 0.345. The molecule has 0 aliphatic heterocycles. The van der Waals surface area contributed by atoms with Gasteiger partial charge in [0.25, 0.3) is 0 Å². The van der Waals surface area contributed by atoms with Crippen LogP contribution in [-0.2, 0) is 0 Å². The first-order valence-electron chi connectivity index (χ1n) is 7.66. The lowest BCUT2D eigenvalue weighted by molar-refractivity contribution is 0.328. The highest BCUT2D eigenvalue weighted by Crippen LogP contribution is 2.32. The summed E-state index contributed by atoms with van der Waals surface area (Å²) < 4.78 is 16.4. The molecule has 0 saturated heterocycles. The lowest BCUT2D eigenvalue weighted by Crippen LogP contribution is -2.11. The van der Waals surface area contributed by atoms with Gasteiger partial charge in [0, 0.05) is 6.07 Å². The highest BCUT2D eigenvalue weighted by molar-refractivity contribution is 6.03. The summed E-state index contributed by atoms with van der Waals surface area (Å²) in [6.07, 6.45) is 1.55. The second-order valence-corrected chi connectivity index (χ2v) is 5.21. The average molecular weight is 338 g/mol. The van der Waals surface area contributed by atoms with Crippen molar-refractivity contribution in [3.63, 3.8) is 0 Å². The molecule has 0 unspecified atom stereocenters. The monoisotopic (exact) mass is 338 g/mol. The lowest BCUT2D eigenvalue weighted by Gasteiger charge is -2.02. The van der Waals surface area contributed by atoms with E-state index >= 15 is 0 Å². The third-order valence-electron chi connectivity index (χ3n) is 3.68. The number of nitrogens with one attached hydrogen (secondary N) is 1. The van der Waals surface area contributed by atoms with E-state index in [4.69, 9.17) is 13.9 Å². The Labute approximate surface area is 141 Å². The van der Waals surface area contributed by atoms with Crippen LogP contribution in [0.25, 0.3) is 33.6 Å². The number of methoxy groups -OCH3 is 1. The molecule has 4 rings (SSSR count). The van der Waals surface area contributed by atoms with Crippen molar-refractivity contribution in [1.29, 1.82) is 0 Å². The van der Waals surface area contributed by atoms with Crippen LogP contribution in [0.1, 0.15) is 6.92 Å². The maximum absolute atomic E-state index is 12.0. The molecule has 0 spiro atoms. The van der Waals surface area contributed by atoms with Crippen LogP contribution in [0.5, 0.6) is 11.6 Å². The summed E-state index contributed by atoms with van der Waals surface area (Å²) in [5.41, 5.74) is 2.24. The summed E-state index contributed by atoms with van der Waals surface area (Å²) >= 11 is 0. The molecule has 8 nitrogen and oxygen atoms in total. The van der Waals surface area contributed by atoms with Gasteiger partial charge in [-0.2, -0.15) is 4.98 Å². The number of rotatable bonds is 4. The summed E-state index contributed by atoms with van der Waals surface area (Å²) in [6, 6.07) is 6.92. The van der Waals surface area contributed by atoms with Crippen molar-refractivity contribution >= 4 is 22.2 Å². The largest absolute Gasteiger partial charge is 0.495 e. The standard InChI is InChI=1S/C17H14N4O4/c1-3-24-12-7-6-11-14(19-12)15-16(25-11)13(20-17(22)21-15)10-5-4-9(23-2)8-18-10/h4-8H,3H2,1-2H3,(H,20,21,22). The minimum Gasteiger partial charge on any atom is -0.495 e. The van der Waals surface area contributed by atoms with Gasteiger partial charge in [0.05, 0.1) is 25.6 Å². The van der Waals surface area contributed by atoms with Crippen LogP contribution >= 0.6 is 0 Å². The first-order valence-corrected chi connectivity index (χ1v) is 7.66. The zero-order chi connectivity index (χ0) is 17.4. The molecule has 0 atom stereocenters. The summed E-state index contributed by atoms with van der Waals surface area (Å²) in [5.74, 6) is 1.07. The van der Waals surface area contributed by atoms with Crippen molar-refractivity contribution in [3.8, 4) is 23.0 Å². The van der Waals surface area contributed by atoms with Crippen LogP contribution < -0.4 is 15.2 Å². The van der Waals surface area contributed by atoms with E-state index in [-0.39, 0.29) is 0 Å². The summed E-state index contributed by atoms with van der Waals surface area (Å²) in [4.78, 5) is 27.4. The molecule has 4 aromatic rings. The SMILES string of the molecule is CCOc1ccc2oc3c(-c4ccc(OC)cn4)nc(=O)[nH]c3c2n1. The molecule has 0 saturated carbocycles. The van der Waals surface area contributed by atoms with Crippen molar-refractivity contribution in [2.24, 2.45) is 0 Å². The van der Waals surface area contributed by atoms with Gasteiger partial charge < -0.3 is 18.9 Å². The molecule has 0 amide bonds. The normalized spacial score (nSPS) is 11.1. The molecule has 0 fully saturated rings. The van der Waals surface area contributed by atoms with E-state index in [0.29, 0.717) is 51.8 Å². The van der Waals surface area contributed by atoms with Crippen molar-refractivity contribution in [2.45, 2.75) is 6.92 Å². The number of fused-ring (bicyclic) bond motifs is 3. The zero-order valence-corrected chi connectivity index (χ0v) is 13.6. The van der Waals surface area contributed by atoms with E-state index in [1.54, 1.807) is 37.6 Å². The van der Waals surface area contributed by atoms with Gasteiger partial charge >= 0.3 is 5.69 Å². The number of furan rings is 1. The number of ether oxygens (including phenoxy) is 2. The molecule has 4 aromatic heterocycles. The number of hydrogen-bond acceptors (Lipinski definition) is 7. The van der Waals surface area contributed by atoms with Gasteiger partial charge in [-0.25, -0.2) is 9.78 Å². The molecule has 0 aliphatic carbocycles. The van der Waals surface area contributed by atoms with E-state index in [1.807, 2.05) is 6.92 Å². The molecule has 8 heteroatoms. The molecule has 0 bridgehead atoms. The van der Waals surface area contributed by atoms with Gasteiger partial charge in [-0.15, -0.1) is 0 Å². The Kier molecular flexibility index (Phi) is 3.57. The van der Waals surface area contributed by atoms with Gasteiger partial charge in [0.15, 0.2) is 11.2 Å². The number of H-pyrrole nitrogens is 1. The fourth-order valence-corrected chi connectivity index (χ4v) is 2.57. The Morgan fingerprint density at radius 3 is 2.80 bits per heavy atom. The van der Waals surface area contributed by atoms with Gasteiger partial charge in [0.2, 0.25) is 5.88 Å². The van der Waals surface area contributed by atoms with E-state index in [1.165, 1.54) is 0 Å². The number of nitrogens with zero attached hydrogens (tertiary/aromatic N) is 3. The summed E-state index contributed by atoms with van der Waals surface area (Å²) in [5, 5.41) is 0. The van der Waals surface area contributed by atoms with E-state index < -0.39 is 5.69 Å². The van der Waals surface area contributed by atoms with E-state index in [2.05, 4.69) is 19.9 Å². The van der Waals surface area contributed by atoms with Crippen molar-refractivity contribution in [3.05, 3.63) is 40.9 Å². The lowest BCUT2D eigenvalue weighted by atomic mass is 10.2. The Morgan fingerprint density at radius 2 is 2.08 bits per heavy atom. The quantitative estimate of drug-likeness (QED) is 0.610. The van der Waals surface area contributed by atoms with Gasteiger partial charge in [-0.1, -0.05) is 0 Å². The third kappa shape index (κ3) is 2.57. The smallest absolute Gasteiger partial charge is 0.346 e. The van der Waals surface area contributed by atoms with Gasteiger partial charge in [0.1, 0.15) is 22.5 Å². The molecular formula is C17H14N4O4. The first-order chi connectivity index (χ1) is 12.2. The molecule has 126 valence electrons. The summed E-state index contributed by atoms with van der Waals surface area (Å²) in [6.45, 7) is 2.37. The number of aromatic nitrogens is 4. The second kappa shape index (κ2) is 5.90. The molecule has 0 aromatic carbocycles. The van der Waals surface area contributed by atoms with Crippen molar-refractivity contribution in [2.75, 3.05) is 13.7 Å². The maximum atomic E-state index is 12.0. The molecule has 4 heterocycles. The highest BCUT2D eigenvalue weighted by atomic mass is 16.5. The number of hydrogen-bond donors (Lipinski definition) is 1. The molecular weight excluding hydrogens is 324 g/mol. The number of pyridine rings is 2. The Hall–Kier alpha value is -3.42. The summed E-state index contributed by atoms with van der Waals surface area (Å²) in [7, 11) is 1.56. The van der Waals surface area contributed by atoms with Crippen LogP contribution in [0, 0.1) is 0 Å². The Balaban J connectivity index is 1.98. The molecule has 0 aliphatic rings. The second-order valence-electron chi connectivity index (χ2n) is 5.21. The van der Waals surface area contributed by atoms with Crippen LogP contribution in [0.4, 0.5) is 0 Å². The van der Waals surface area contributed by atoms with E-state index in [0.717, 1.165) is 0 Å². The van der Waals surface area contributed by atoms with Gasteiger partial charge in [-0.3, -0.25) is 4.98 Å². The minimum atomic E-state index is -0.508. The third-order valence-corrected chi connectivity index (χ3v) is 3.68. The van der Waals surface area contributed by atoms with Crippen molar-refractivity contribution < 1.29 is 13.9 Å². The zero-order valence-electron chi connectivity index (χ0n) is 13.6. The topological polar surface area (TPSA) is 103 Å². The van der Waals surface area contributed by atoms with Crippen LogP contribution in [0.15, 0.2) is 39.7 Å². The van der Waals surface area contributed by atoms with Crippen LogP contribution in [0.2, 0.25) is 0 Å². The van der Waals surface area contributed by atoms with Crippen molar-refractivity contribution in [1.82, 2.24) is 19.9 Å². The van der Waals surface area contributed by atoms with E-state index in [9.17, 15) is 4.79 Å². The fourth-order valence-electron chi connectivity index (χ4n) is 2.57.